The predicted molar refractivity (Wildman–Crippen MR) is 78.0 cm³/mol. The highest BCUT2D eigenvalue weighted by Gasteiger charge is 1.92. The lowest BCUT2D eigenvalue weighted by atomic mass is 10.1. The Bertz CT molecular complexity index is 152. The maximum atomic E-state index is 3.01. The van der Waals surface area contributed by atoms with E-state index in [4.69, 9.17) is 0 Å². The van der Waals surface area contributed by atoms with Crippen LogP contribution in [-0.2, 0) is 0 Å². The molecule has 1 radical (unpaired) electrons. The van der Waals surface area contributed by atoms with Crippen LogP contribution in [0.5, 0.6) is 0 Å². The molecule has 0 heterocycles. The molecule has 0 aliphatic heterocycles. The topological polar surface area (TPSA) is 12.0 Å². The normalized spacial score (nSPS) is 11.2. The van der Waals surface area contributed by atoms with Crippen molar-refractivity contribution in [2.45, 2.75) is 84.0 Å². The molecular formula is C16H32N. The third kappa shape index (κ3) is 15.5. The summed E-state index contributed by atoms with van der Waals surface area (Å²) in [6, 6.07) is 0. The first-order valence-electron chi connectivity index (χ1n) is 7.65. The lowest BCUT2D eigenvalue weighted by Gasteiger charge is -2.01. The lowest BCUT2D eigenvalue weighted by molar-refractivity contribution is 0.550. The van der Waals surface area contributed by atoms with Crippen molar-refractivity contribution in [2.24, 2.45) is 0 Å². The van der Waals surface area contributed by atoms with E-state index in [1.165, 1.54) is 77.0 Å². The Morgan fingerprint density at radius 3 is 1.71 bits per heavy atom. The molecule has 0 saturated heterocycles. The molecule has 0 saturated carbocycles. The monoisotopic (exact) mass is 238 g/mol. The van der Waals surface area contributed by atoms with Crippen molar-refractivity contribution in [3.8, 4) is 0 Å². The van der Waals surface area contributed by atoms with Crippen LogP contribution in [0.3, 0.4) is 0 Å². The molecule has 101 valence electrons. The van der Waals surface area contributed by atoms with Crippen molar-refractivity contribution in [1.82, 2.24) is 5.32 Å². The third-order valence-corrected chi connectivity index (χ3v) is 3.20. The summed E-state index contributed by atoms with van der Waals surface area (Å²) in [5.41, 5.74) is 0. The van der Waals surface area contributed by atoms with Crippen molar-refractivity contribution in [3.05, 3.63) is 12.3 Å². The Hall–Kier alpha value is -0.460. The molecule has 0 amide bonds. The molecule has 0 fully saturated rings. The highest BCUT2D eigenvalue weighted by atomic mass is 14.8. The van der Waals surface area contributed by atoms with Crippen molar-refractivity contribution in [1.29, 1.82) is 0 Å². The fraction of sp³-hybridized carbons (Fsp3) is 0.875. The van der Waals surface area contributed by atoms with Gasteiger partial charge in [-0.2, -0.15) is 0 Å². The molecular weight excluding hydrogens is 206 g/mol. The van der Waals surface area contributed by atoms with Gasteiger partial charge in [-0.1, -0.05) is 77.2 Å². The van der Waals surface area contributed by atoms with Gasteiger partial charge in [0.05, 0.1) is 6.20 Å². The summed E-state index contributed by atoms with van der Waals surface area (Å²) in [7, 11) is 1.90. The number of allylic oxidation sites excluding steroid dienone is 1. The first-order chi connectivity index (χ1) is 8.41. The van der Waals surface area contributed by atoms with Crippen LogP contribution in [0.4, 0.5) is 0 Å². The van der Waals surface area contributed by atoms with E-state index >= 15 is 0 Å². The standard InChI is InChI=1S/C16H32N/c1-3-4-5-6-7-8-9-10-11-12-13-14-15-16-17-2/h15,17H,3-14H2,1-2H3. The molecule has 0 aromatic carbocycles. The molecule has 0 unspecified atom stereocenters. The smallest absolute Gasteiger partial charge is 0.0529 e. The Morgan fingerprint density at radius 2 is 1.24 bits per heavy atom. The SMILES string of the molecule is CCCCCCCCCCCCC/C=[C]\NC. The molecule has 1 heteroatoms. The van der Waals surface area contributed by atoms with E-state index in [-0.39, 0.29) is 0 Å². The zero-order chi connectivity index (χ0) is 12.6. The van der Waals surface area contributed by atoms with Crippen molar-refractivity contribution >= 4 is 0 Å². The van der Waals surface area contributed by atoms with Crippen LogP contribution >= 0.6 is 0 Å². The predicted octanol–water partition coefficient (Wildman–Crippen LogP) is 5.22. The van der Waals surface area contributed by atoms with E-state index in [1.54, 1.807) is 0 Å². The average Bonchev–Trinajstić information content (AvgIpc) is 2.35. The minimum atomic E-state index is 1.18. The fourth-order valence-corrected chi connectivity index (χ4v) is 2.08. The van der Waals surface area contributed by atoms with Crippen LogP contribution in [0.25, 0.3) is 0 Å². The van der Waals surface area contributed by atoms with E-state index in [0.29, 0.717) is 0 Å². The van der Waals surface area contributed by atoms with Gasteiger partial charge in [0.15, 0.2) is 0 Å². The largest absolute Gasteiger partial charge is 0.387 e. The van der Waals surface area contributed by atoms with Crippen LogP contribution in [0.15, 0.2) is 6.08 Å². The maximum absolute atomic E-state index is 3.01. The minimum Gasteiger partial charge on any atom is -0.387 e. The van der Waals surface area contributed by atoms with Gasteiger partial charge >= 0.3 is 0 Å². The van der Waals surface area contributed by atoms with Gasteiger partial charge in [0.25, 0.3) is 0 Å². The van der Waals surface area contributed by atoms with Crippen molar-refractivity contribution in [2.75, 3.05) is 7.05 Å². The van der Waals surface area contributed by atoms with E-state index < -0.39 is 0 Å². The lowest BCUT2D eigenvalue weighted by Crippen LogP contribution is -1.91. The molecule has 0 aromatic rings. The number of rotatable bonds is 13. The van der Waals surface area contributed by atoms with E-state index in [1.807, 2.05) is 7.05 Å². The molecule has 0 aliphatic rings. The van der Waals surface area contributed by atoms with E-state index in [0.717, 1.165) is 0 Å². The molecule has 1 nitrogen and oxygen atoms in total. The number of unbranched alkanes of at least 4 members (excludes halogenated alkanes) is 11. The summed E-state index contributed by atoms with van der Waals surface area (Å²) >= 11 is 0. The number of nitrogens with one attached hydrogen (secondary N) is 1. The molecule has 0 spiro atoms. The van der Waals surface area contributed by atoms with Crippen LogP contribution in [0.1, 0.15) is 84.0 Å². The van der Waals surface area contributed by atoms with Crippen LogP contribution < -0.4 is 5.32 Å². The molecule has 0 bridgehead atoms. The molecule has 0 rings (SSSR count). The molecule has 17 heavy (non-hydrogen) atoms. The van der Waals surface area contributed by atoms with Crippen LogP contribution in [0.2, 0.25) is 0 Å². The van der Waals surface area contributed by atoms with Crippen molar-refractivity contribution < 1.29 is 0 Å². The number of hydrogen-bond donors (Lipinski definition) is 1. The zero-order valence-corrected chi connectivity index (χ0v) is 12.1. The first kappa shape index (κ1) is 16.5. The summed E-state index contributed by atoms with van der Waals surface area (Å²) in [5, 5.41) is 2.90. The third-order valence-electron chi connectivity index (χ3n) is 3.20. The van der Waals surface area contributed by atoms with E-state index in [9.17, 15) is 0 Å². The highest BCUT2D eigenvalue weighted by Crippen LogP contribution is 2.11. The second-order valence-corrected chi connectivity index (χ2v) is 4.92. The minimum absolute atomic E-state index is 1.18. The van der Waals surface area contributed by atoms with Gasteiger partial charge in [-0.15, -0.1) is 0 Å². The highest BCUT2D eigenvalue weighted by molar-refractivity contribution is 4.70. The summed E-state index contributed by atoms with van der Waals surface area (Å²) in [5.74, 6) is 0. The number of hydrogen-bond acceptors (Lipinski definition) is 1. The van der Waals surface area contributed by atoms with Gasteiger partial charge in [0.1, 0.15) is 0 Å². The molecule has 1 N–H and O–H groups in total. The Labute approximate surface area is 109 Å². The molecule has 0 aliphatic carbocycles. The molecule has 0 aromatic heterocycles. The van der Waals surface area contributed by atoms with Crippen molar-refractivity contribution in [3.63, 3.8) is 0 Å². The van der Waals surface area contributed by atoms with Gasteiger partial charge in [-0.25, -0.2) is 0 Å². The zero-order valence-electron chi connectivity index (χ0n) is 12.1. The van der Waals surface area contributed by atoms with Crippen LogP contribution in [-0.4, -0.2) is 7.05 Å². The van der Waals surface area contributed by atoms with Gasteiger partial charge in [-0.05, 0) is 12.8 Å². The summed E-state index contributed by atoms with van der Waals surface area (Å²) in [6.45, 7) is 2.28. The first-order valence-corrected chi connectivity index (χ1v) is 7.65. The summed E-state index contributed by atoms with van der Waals surface area (Å²) < 4.78 is 0. The van der Waals surface area contributed by atoms with Gasteiger partial charge in [-0.3, -0.25) is 0 Å². The second kappa shape index (κ2) is 15.5. The fourth-order valence-electron chi connectivity index (χ4n) is 2.08. The Morgan fingerprint density at radius 1 is 0.765 bits per heavy atom. The summed E-state index contributed by atoms with van der Waals surface area (Å²) in [6.07, 6.45) is 21.9. The van der Waals surface area contributed by atoms with Gasteiger partial charge < -0.3 is 5.32 Å². The Balaban J connectivity index is 2.91. The van der Waals surface area contributed by atoms with Crippen LogP contribution in [0, 0.1) is 6.20 Å². The van der Waals surface area contributed by atoms with Gasteiger partial charge in [0.2, 0.25) is 0 Å². The molecule has 0 atom stereocenters. The van der Waals surface area contributed by atoms with E-state index in [2.05, 4.69) is 24.5 Å². The Kier molecular flexibility index (Phi) is 15.1. The quantitative estimate of drug-likeness (QED) is 0.342. The summed E-state index contributed by atoms with van der Waals surface area (Å²) in [4.78, 5) is 0. The second-order valence-electron chi connectivity index (χ2n) is 4.92. The van der Waals surface area contributed by atoms with Gasteiger partial charge in [0, 0.05) is 7.05 Å². The maximum Gasteiger partial charge on any atom is 0.0529 e. The average molecular weight is 238 g/mol.